The molecular weight excluding hydrogens is 932 g/mol. The number of para-hydroxylation sites is 7. The van der Waals surface area contributed by atoms with E-state index in [9.17, 15) is 0 Å². The highest BCUT2D eigenvalue weighted by Crippen LogP contribution is 2.55. The van der Waals surface area contributed by atoms with Crippen LogP contribution >= 0.6 is 11.3 Å². The van der Waals surface area contributed by atoms with Crippen LogP contribution in [0, 0.1) is 0 Å². The molecule has 0 amide bonds. The fraction of sp³-hybridized carbons (Fsp3) is 0.176. The van der Waals surface area contributed by atoms with Gasteiger partial charge in [-0.25, -0.2) is 0 Å². The summed E-state index contributed by atoms with van der Waals surface area (Å²) in [6, 6.07) is 68.8. The van der Waals surface area contributed by atoms with Crippen molar-refractivity contribution in [2.75, 3.05) is 9.80 Å². The van der Waals surface area contributed by atoms with Crippen molar-refractivity contribution in [2.24, 2.45) is 0 Å². The molecule has 6 heterocycles. The second-order valence-electron chi connectivity index (χ2n) is 24.0. The van der Waals surface area contributed by atoms with Crippen molar-refractivity contribution in [3.05, 3.63) is 199 Å². The van der Waals surface area contributed by atoms with Crippen molar-refractivity contribution in [2.45, 2.75) is 77.6 Å². The quantitative estimate of drug-likeness (QED) is 0.165. The number of ether oxygens (including phenoxy) is 1. The lowest BCUT2D eigenvalue weighted by Gasteiger charge is -2.44. The lowest BCUT2D eigenvalue weighted by atomic mass is 9.36. The van der Waals surface area contributed by atoms with Crippen LogP contribution in [0.5, 0.6) is 11.5 Å². The molecule has 0 saturated heterocycles. The molecule has 1 aliphatic carbocycles. The van der Waals surface area contributed by atoms with Crippen molar-refractivity contribution < 1.29 is 4.74 Å². The topological polar surface area (TPSA) is 25.6 Å². The first-order valence-corrected chi connectivity index (χ1v) is 27.6. The summed E-state index contributed by atoms with van der Waals surface area (Å²) in [6.45, 7) is 16.8. The monoisotopic (exact) mass is 986 g/mol. The Morgan fingerprint density at radius 2 is 1.15 bits per heavy atom. The Bertz CT molecular complexity index is 4430. The average molecular weight is 987 g/mol. The summed E-state index contributed by atoms with van der Waals surface area (Å²) >= 11 is 1.99. The van der Waals surface area contributed by atoms with Gasteiger partial charge in [0.2, 0.25) is 0 Å². The molecule has 7 heteroatoms. The predicted octanol–water partition coefficient (Wildman–Crippen LogP) is 16.9. The van der Waals surface area contributed by atoms with E-state index in [1.807, 2.05) is 11.3 Å². The van der Waals surface area contributed by atoms with Gasteiger partial charge in [-0.1, -0.05) is 139 Å². The molecule has 0 unspecified atom stereocenters. The normalized spacial score (nSPS) is 15.8. The Labute approximate surface area is 441 Å². The van der Waals surface area contributed by atoms with Gasteiger partial charge in [-0.05, 0) is 148 Å². The maximum Gasteiger partial charge on any atom is 0.264 e. The standard InChI is InChI=1S/C68H55BN4OS/c1-66(2,3)40-28-31-61-48(34-40)64-65(75-61)69-51-22-17-21-45-47-38-46-44-20-11-12-23-52(44)70(41-18-9-8-10-19-41)55(46)39-56(47)73(63(45)51)58-37-43(71-53-24-13-15-26-59(53)74-60-27-16-14-25-54(60)71)36-57(62(58)69)72(64)42-29-30-49-50(35-42)68(6,7)33-32-67(49,4)5/h8-31,34-39H,32-33H2,1-7H3. The van der Waals surface area contributed by atoms with E-state index in [1.54, 1.807) is 0 Å². The van der Waals surface area contributed by atoms with Crippen LogP contribution in [0.1, 0.15) is 78.0 Å². The molecule has 0 radical (unpaired) electrons. The summed E-state index contributed by atoms with van der Waals surface area (Å²) in [5.41, 5.74) is 21.1. The smallest absolute Gasteiger partial charge is 0.264 e. The zero-order valence-corrected chi connectivity index (χ0v) is 44.2. The average Bonchev–Trinajstić information content (AvgIpc) is 4.29. The summed E-state index contributed by atoms with van der Waals surface area (Å²) < 4.78 is 14.5. The minimum atomic E-state index is -0.0342. The van der Waals surface area contributed by atoms with Crippen LogP contribution in [0.2, 0.25) is 0 Å². The molecule has 0 fully saturated rings. The summed E-state index contributed by atoms with van der Waals surface area (Å²) in [7, 11) is 0. The van der Waals surface area contributed by atoms with E-state index < -0.39 is 0 Å². The Morgan fingerprint density at radius 3 is 1.92 bits per heavy atom. The number of hydrogen-bond donors (Lipinski definition) is 0. The van der Waals surface area contributed by atoms with Crippen LogP contribution < -0.4 is 30.2 Å². The van der Waals surface area contributed by atoms with Crippen LogP contribution in [-0.4, -0.2) is 15.8 Å². The Morgan fingerprint density at radius 1 is 0.480 bits per heavy atom. The van der Waals surface area contributed by atoms with Crippen molar-refractivity contribution in [3.63, 3.8) is 0 Å². The van der Waals surface area contributed by atoms with E-state index in [0.717, 1.165) is 40.7 Å². The van der Waals surface area contributed by atoms with Crippen LogP contribution in [0.3, 0.4) is 0 Å². The van der Waals surface area contributed by atoms with Crippen molar-refractivity contribution in [3.8, 4) is 22.9 Å². The molecule has 0 spiro atoms. The first kappa shape index (κ1) is 43.4. The maximum atomic E-state index is 6.72. The van der Waals surface area contributed by atoms with Gasteiger partial charge in [0.1, 0.15) is 0 Å². The molecule has 0 bridgehead atoms. The molecule has 0 saturated carbocycles. The number of thiophene rings is 1. The van der Waals surface area contributed by atoms with Gasteiger partial charge in [-0.15, -0.1) is 11.3 Å². The highest BCUT2D eigenvalue weighted by Gasteiger charge is 2.46. The third kappa shape index (κ3) is 5.90. The van der Waals surface area contributed by atoms with Gasteiger partial charge in [0.05, 0.1) is 39.3 Å². The van der Waals surface area contributed by atoms with Gasteiger partial charge in [-0.3, -0.25) is 0 Å². The van der Waals surface area contributed by atoms with Crippen LogP contribution in [0.25, 0.3) is 65.1 Å². The fourth-order valence-corrected chi connectivity index (χ4v) is 15.1. The van der Waals surface area contributed by atoms with Crippen LogP contribution in [-0.2, 0) is 16.2 Å². The molecule has 362 valence electrons. The van der Waals surface area contributed by atoms with E-state index in [-0.39, 0.29) is 23.0 Å². The molecule has 5 nitrogen and oxygen atoms in total. The van der Waals surface area contributed by atoms with Crippen molar-refractivity contribution in [1.82, 2.24) is 9.13 Å². The Kier molecular flexibility index (Phi) is 8.60. The number of anilines is 6. The largest absolute Gasteiger partial charge is 0.453 e. The van der Waals surface area contributed by atoms with Gasteiger partial charge in [0, 0.05) is 64.7 Å². The Hall–Kier alpha value is -8.00. The van der Waals surface area contributed by atoms with Crippen LogP contribution in [0.4, 0.5) is 34.1 Å². The van der Waals surface area contributed by atoms with E-state index in [4.69, 9.17) is 4.74 Å². The number of hydrogen-bond acceptors (Lipinski definition) is 4. The minimum Gasteiger partial charge on any atom is -0.453 e. The maximum absolute atomic E-state index is 6.72. The molecular formula is C68H55BN4OS. The summed E-state index contributed by atoms with van der Waals surface area (Å²) in [4.78, 5) is 5.14. The van der Waals surface area contributed by atoms with E-state index in [0.29, 0.717) is 0 Å². The third-order valence-corrected chi connectivity index (χ3v) is 18.9. The minimum absolute atomic E-state index is 0.0167. The van der Waals surface area contributed by atoms with Gasteiger partial charge in [0.15, 0.2) is 11.5 Å². The van der Waals surface area contributed by atoms with E-state index in [2.05, 4.69) is 249 Å². The van der Waals surface area contributed by atoms with Gasteiger partial charge >= 0.3 is 0 Å². The predicted molar refractivity (Wildman–Crippen MR) is 319 cm³/mol. The summed E-state index contributed by atoms with van der Waals surface area (Å²) in [6.07, 6.45) is 2.31. The van der Waals surface area contributed by atoms with Crippen molar-refractivity contribution >= 4 is 122 Å². The molecule has 75 heavy (non-hydrogen) atoms. The lowest BCUT2D eigenvalue weighted by Crippen LogP contribution is -2.59. The first-order chi connectivity index (χ1) is 36.3. The fourth-order valence-electron chi connectivity index (χ4n) is 13.8. The highest BCUT2D eigenvalue weighted by molar-refractivity contribution is 7.33. The van der Waals surface area contributed by atoms with Gasteiger partial charge in [0.25, 0.3) is 6.71 Å². The van der Waals surface area contributed by atoms with Gasteiger partial charge in [-0.2, -0.15) is 0 Å². The van der Waals surface area contributed by atoms with E-state index in [1.165, 1.54) is 115 Å². The lowest BCUT2D eigenvalue weighted by molar-refractivity contribution is 0.332. The van der Waals surface area contributed by atoms with Crippen LogP contribution in [0.15, 0.2) is 182 Å². The first-order valence-electron chi connectivity index (χ1n) is 26.7. The molecule has 12 aromatic rings. The third-order valence-electron chi connectivity index (χ3n) is 17.7. The number of benzene rings is 9. The summed E-state index contributed by atoms with van der Waals surface area (Å²) in [5, 5.41) is 6.37. The highest BCUT2D eigenvalue weighted by atomic mass is 32.1. The molecule has 9 aromatic carbocycles. The number of fused-ring (bicyclic) bond motifs is 15. The zero-order valence-electron chi connectivity index (χ0n) is 43.4. The molecule has 16 rings (SSSR count). The second-order valence-corrected chi connectivity index (χ2v) is 25.0. The summed E-state index contributed by atoms with van der Waals surface area (Å²) in [5.74, 6) is 1.68. The number of nitrogens with zero attached hydrogens (tertiary/aromatic N) is 4. The molecule has 4 aliphatic rings. The zero-order chi connectivity index (χ0) is 50.4. The second kappa shape index (κ2) is 14.9. The SMILES string of the molecule is CC(C)(C)c1ccc2sc3c(c2c1)N(c1ccc2c(c1)C(C)(C)CCC2(C)C)c1cc(N2c4ccccc4Oc4ccccc42)cc2c1B3c1cccc3c4cc5c6ccccc6n(-c6ccccc6)c5cc4n-2c13. The van der Waals surface area contributed by atoms with Gasteiger partial charge < -0.3 is 23.7 Å². The number of aromatic nitrogens is 2. The van der Waals surface area contributed by atoms with E-state index >= 15 is 0 Å². The molecule has 3 aromatic heterocycles. The molecule has 3 aliphatic heterocycles. The Balaban J connectivity index is 1.08. The molecule has 0 atom stereocenters. The number of rotatable bonds is 3. The van der Waals surface area contributed by atoms with Crippen molar-refractivity contribution in [1.29, 1.82) is 0 Å². The molecule has 0 N–H and O–H groups in total.